The number of benzene rings is 2. The van der Waals surface area contributed by atoms with E-state index >= 15 is 0 Å². The van der Waals surface area contributed by atoms with Crippen LogP contribution in [0.4, 0.5) is 8.78 Å². The zero-order chi connectivity index (χ0) is 15.5. The van der Waals surface area contributed by atoms with Crippen molar-refractivity contribution < 1.29 is 23.0 Å². The van der Waals surface area contributed by atoms with Crippen LogP contribution in [0.3, 0.4) is 0 Å². The highest BCUT2D eigenvalue weighted by Gasteiger charge is 2.21. The van der Waals surface area contributed by atoms with E-state index < -0.39 is 17.5 Å². The molecule has 0 fully saturated rings. The summed E-state index contributed by atoms with van der Waals surface area (Å²) in [4.78, 5) is 11.9. The van der Waals surface area contributed by atoms with Gasteiger partial charge in [0.25, 0.3) is 5.91 Å². The lowest BCUT2D eigenvalue weighted by molar-refractivity contribution is 0.0788. The van der Waals surface area contributed by atoms with E-state index in [1.54, 1.807) is 12.1 Å². The summed E-state index contributed by atoms with van der Waals surface area (Å²) >= 11 is 0. The maximum absolute atomic E-state index is 13.1. The predicted octanol–water partition coefficient (Wildman–Crippen LogP) is 2.53. The SMILES string of the molecule is O=C(NC[C@H]1COc2ccccc2O1)c1cc(F)cc(F)c1. The minimum atomic E-state index is -0.795. The average Bonchev–Trinajstić information content (AvgIpc) is 2.51. The molecular formula is C16H13F2NO3. The van der Waals surface area contributed by atoms with E-state index in [-0.39, 0.29) is 24.8 Å². The van der Waals surface area contributed by atoms with Gasteiger partial charge in [0.15, 0.2) is 11.5 Å². The molecule has 22 heavy (non-hydrogen) atoms. The first-order chi connectivity index (χ1) is 10.6. The Hall–Kier alpha value is -2.63. The molecule has 3 rings (SSSR count). The van der Waals surface area contributed by atoms with Gasteiger partial charge < -0.3 is 14.8 Å². The molecule has 0 saturated heterocycles. The fraction of sp³-hybridized carbons (Fsp3) is 0.188. The van der Waals surface area contributed by atoms with Gasteiger partial charge in [0.2, 0.25) is 0 Å². The van der Waals surface area contributed by atoms with Crippen LogP contribution in [-0.4, -0.2) is 25.2 Å². The van der Waals surface area contributed by atoms with Crippen molar-refractivity contribution in [3.05, 3.63) is 59.7 Å². The number of hydrogen-bond donors (Lipinski definition) is 1. The van der Waals surface area contributed by atoms with Gasteiger partial charge in [-0.1, -0.05) is 12.1 Å². The van der Waals surface area contributed by atoms with Crippen molar-refractivity contribution >= 4 is 5.91 Å². The molecule has 1 aliphatic rings. The van der Waals surface area contributed by atoms with Crippen molar-refractivity contribution in [2.45, 2.75) is 6.10 Å². The zero-order valence-electron chi connectivity index (χ0n) is 11.5. The lowest BCUT2D eigenvalue weighted by atomic mass is 10.2. The number of fused-ring (bicyclic) bond motifs is 1. The van der Waals surface area contributed by atoms with Crippen LogP contribution in [0.15, 0.2) is 42.5 Å². The van der Waals surface area contributed by atoms with Gasteiger partial charge in [-0.3, -0.25) is 4.79 Å². The van der Waals surface area contributed by atoms with Crippen LogP contribution >= 0.6 is 0 Å². The molecule has 1 N–H and O–H groups in total. The highest BCUT2D eigenvalue weighted by atomic mass is 19.1. The van der Waals surface area contributed by atoms with E-state index in [2.05, 4.69) is 5.32 Å². The van der Waals surface area contributed by atoms with Gasteiger partial charge in [-0.2, -0.15) is 0 Å². The van der Waals surface area contributed by atoms with E-state index in [9.17, 15) is 13.6 Å². The number of amides is 1. The summed E-state index contributed by atoms with van der Waals surface area (Å²) in [5, 5.41) is 2.58. The van der Waals surface area contributed by atoms with Gasteiger partial charge in [-0.05, 0) is 24.3 Å². The molecule has 2 aromatic rings. The lowest BCUT2D eigenvalue weighted by Crippen LogP contribution is -2.40. The van der Waals surface area contributed by atoms with Gasteiger partial charge >= 0.3 is 0 Å². The van der Waals surface area contributed by atoms with Gasteiger partial charge in [0.05, 0.1) is 6.54 Å². The van der Waals surface area contributed by atoms with Gasteiger partial charge in [-0.25, -0.2) is 8.78 Å². The number of halogens is 2. The topological polar surface area (TPSA) is 47.6 Å². The summed E-state index contributed by atoms with van der Waals surface area (Å²) in [6.07, 6.45) is -0.364. The van der Waals surface area contributed by atoms with Crippen molar-refractivity contribution in [3.8, 4) is 11.5 Å². The number of para-hydroxylation sites is 2. The smallest absolute Gasteiger partial charge is 0.251 e. The van der Waals surface area contributed by atoms with Crippen LogP contribution < -0.4 is 14.8 Å². The first kappa shape index (κ1) is 14.3. The Kier molecular flexibility index (Phi) is 3.91. The zero-order valence-corrected chi connectivity index (χ0v) is 11.5. The largest absolute Gasteiger partial charge is 0.486 e. The highest BCUT2D eigenvalue weighted by Crippen LogP contribution is 2.30. The van der Waals surface area contributed by atoms with Crippen molar-refractivity contribution in [1.82, 2.24) is 5.32 Å². The minimum Gasteiger partial charge on any atom is -0.486 e. The van der Waals surface area contributed by atoms with Crippen LogP contribution in [0.25, 0.3) is 0 Å². The molecule has 2 aromatic carbocycles. The quantitative estimate of drug-likeness (QED) is 0.948. The van der Waals surface area contributed by atoms with Crippen LogP contribution in [-0.2, 0) is 0 Å². The van der Waals surface area contributed by atoms with E-state index in [0.717, 1.165) is 12.1 Å². The maximum Gasteiger partial charge on any atom is 0.251 e. The monoisotopic (exact) mass is 305 g/mol. The molecule has 1 amide bonds. The fourth-order valence-electron chi connectivity index (χ4n) is 2.16. The Balaban J connectivity index is 1.60. The second-order valence-electron chi connectivity index (χ2n) is 4.87. The Bertz CT molecular complexity index is 685. The van der Waals surface area contributed by atoms with E-state index in [1.165, 1.54) is 0 Å². The molecule has 0 bridgehead atoms. The van der Waals surface area contributed by atoms with Crippen LogP contribution in [0.1, 0.15) is 10.4 Å². The van der Waals surface area contributed by atoms with Crippen molar-refractivity contribution in [3.63, 3.8) is 0 Å². The maximum atomic E-state index is 13.1. The molecule has 0 aromatic heterocycles. The molecule has 0 saturated carbocycles. The van der Waals surface area contributed by atoms with E-state index in [0.29, 0.717) is 17.6 Å². The third kappa shape index (κ3) is 3.16. The summed E-state index contributed by atoms with van der Waals surface area (Å²) in [6.45, 7) is 0.458. The van der Waals surface area contributed by atoms with E-state index in [1.807, 2.05) is 12.1 Å². The number of carbonyl (C=O) groups excluding carboxylic acids is 1. The molecule has 0 unspecified atom stereocenters. The molecular weight excluding hydrogens is 292 g/mol. The molecule has 114 valence electrons. The minimum absolute atomic E-state index is 0.0744. The Morgan fingerprint density at radius 2 is 1.82 bits per heavy atom. The summed E-state index contributed by atoms with van der Waals surface area (Å²) in [7, 11) is 0. The highest BCUT2D eigenvalue weighted by molar-refractivity contribution is 5.94. The number of carbonyl (C=O) groups is 1. The second-order valence-corrected chi connectivity index (χ2v) is 4.87. The van der Waals surface area contributed by atoms with Crippen LogP contribution in [0, 0.1) is 11.6 Å². The molecule has 0 radical (unpaired) electrons. The second kappa shape index (κ2) is 6.01. The molecule has 6 heteroatoms. The molecule has 1 aliphatic heterocycles. The first-order valence-corrected chi connectivity index (χ1v) is 6.74. The standard InChI is InChI=1S/C16H13F2NO3/c17-11-5-10(6-12(18)7-11)16(20)19-8-13-9-21-14-3-1-2-4-15(14)22-13/h1-7,13H,8-9H2,(H,19,20)/t13-/m0/s1. The predicted molar refractivity (Wildman–Crippen MR) is 75.0 cm³/mol. The van der Waals surface area contributed by atoms with Gasteiger partial charge in [0.1, 0.15) is 24.3 Å². The molecule has 0 aliphatic carbocycles. The first-order valence-electron chi connectivity index (χ1n) is 6.74. The number of nitrogens with one attached hydrogen (secondary N) is 1. The van der Waals surface area contributed by atoms with Crippen molar-refractivity contribution in [2.75, 3.05) is 13.2 Å². The van der Waals surface area contributed by atoms with E-state index in [4.69, 9.17) is 9.47 Å². The van der Waals surface area contributed by atoms with Crippen molar-refractivity contribution in [1.29, 1.82) is 0 Å². The third-order valence-corrected chi connectivity index (χ3v) is 3.18. The summed E-state index contributed by atoms with van der Waals surface area (Å²) in [5.74, 6) is -0.907. The Labute approximate surface area is 125 Å². The Morgan fingerprint density at radius 1 is 1.14 bits per heavy atom. The number of ether oxygens (including phenoxy) is 2. The summed E-state index contributed by atoms with van der Waals surface area (Å²) in [6, 6.07) is 9.88. The number of rotatable bonds is 3. The normalized spacial score (nSPS) is 16.2. The van der Waals surface area contributed by atoms with Crippen molar-refractivity contribution in [2.24, 2.45) is 0 Å². The summed E-state index contributed by atoms with van der Waals surface area (Å²) < 4.78 is 37.4. The third-order valence-electron chi connectivity index (χ3n) is 3.18. The fourth-order valence-corrected chi connectivity index (χ4v) is 2.16. The molecule has 1 atom stereocenters. The summed E-state index contributed by atoms with van der Waals surface area (Å²) in [5.41, 5.74) is -0.0744. The molecule has 4 nitrogen and oxygen atoms in total. The van der Waals surface area contributed by atoms with Crippen LogP contribution in [0.5, 0.6) is 11.5 Å². The Morgan fingerprint density at radius 3 is 2.55 bits per heavy atom. The average molecular weight is 305 g/mol. The molecule has 1 heterocycles. The van der Waals surface area contributed by atoms with Gasteiger partial charge in [0, 0.05) is 11.6 Å². The molecule has 0 spiro atoms. The van der Waals surface area contributed by atoms with Crippen LogP contribution in [0.2, 0.25) is 0 Å². The lowest BCUT2D eigenvalue weighted by Gasteiger charge is -2.26. The van der Waals surface area contributed by atoms with Gasteiger partial charge in [-0.15, -0.1) is 0 Å². The number of hydrogen-bond acceptors (Lipinski definition) is 3.